The zero-order valence-corrected chi connectivity index (χ0v) is 14.9. The van der Waals surface area contributed by atoms with Gasteiger partial charge in [0, 0.05) is 10.0 Å². The van der Waals surface area contributed by atoms with Crippen LogP contribution in [0.1, 0.15) is 27.9 Å². The number of hydrazone groups is 1. The van der Waals surface area contributed by atoms with Crippen molar-refractivity contribution in [1.29, 1.82) is 0 Å². The van der Waals surface area contributed by atoms with Crippen molar-refractivity contribution in [2.24, 2.45) is 5.10 Å². The van der Waals surface area contributed by atoms with E-state index >= 15 is 0 Å². The summed E-state index contributed by atoms with van der Waals surface area (Å²) < 4.78 is 5.76. The molecule has 1 heterocycles. The van der Waals surface area contributed by atoms with Crippen LogP contribution >= 0.6 is 27.3 Å². The maximum atomic E-state index is 12.1. The fourth-order valence-corrected chi connectivity index (χ4v) is 3.11. The van der Waals surface area contributed by atoms with E-state index in [-0.39, 0.29) is 5.75 Å². The number of anilines is 1. The number of amides is 1. The Labute approximate surface area is 145 Å². The Morgan fingerprint density at radius 1 is 1.61 bits per heavy atom. The minimum atomic E-state index is -0.395. The van der Waals surface area contributed by atoms with Crippen LogP contribution in [0.15, 0.2) is 21.7 Å². The molecule has 0 fully saturated rings. The summed E-state index contributed by atoms with van der Waals surface area (Å²) >= 11 is 4.42. The number of hydrogen-bond acceptors (Lipinski definition) is 7. The Hall–Kier alpha value is -2.13. The molecule has 2 rings (SSSR count). The van der Waals surface area contributed by atoms with Gasteiger partial charge in [-0.25, -0.2) is 10.4 Å². The summed E-state index contributed by atoms with van der Waals surface area (Å²) in [6.45, 7) is 1.89. The number of benzene rings is 1. The van der Waals surface area contributed by atoms with E-state index in [2.05, 4.69) is 31.4 Å². The number of methoxy groups -OCH3 is 1. The fraction of sp³-hybridized carbons (Fsp3) is 0.214. The van der Waals surface area contributed by atoms with E-state index < -0.39 is 5.91 Å². The lowest BCUT2D eigenvalue weighted by Crippen LogP contribution is -2.17. The van der Waals surface area contributed by atoms with E-state index in [9.17, 15) is 9.90 Å². The Morgan fingerprint density at radius 2 is 2.35 bits per heavy atom. The number of rotatable bonds is 5. The van der Waals surface area contributed by atoms with Gasteiger partial charge in [0.2, 0.25) is 0 Å². The molecule has 23 heavy (non-hydrogen) atoms. The summed E-state index contributed by atoms with van der Waals surface area (Å²) in [4.78, 5) is 16.6. The number of phenols is 1. The van der Waals surface area contributed by atoms with Crippen LogP contribution in [0.4, 0.5) is 5.13 Å². The van der Waals surface area contributed by atoms with Crippen molar-refractivity contribution in [1.82, 2.24) is 10.4 Å². The predicted octanol–water partition coefficient (Wildman–Crippen LogP) is 2.53. The van der Waals surface area contributed by atoms with Gasteiger partial charge in [0.25, 0.3) is 5.91 Å². The van der Waals surface area contributed by atoms with Gasteiger partial charge >= 0.3 is 0 Å². The molecule has 122 valence electrons. The summed E-state index contributed by atoms with van der Waals surface area (Å²) in [6.07, 6.45) is 1.93. The number of nitrogens with one attached hydrogen (secondary N) is 1. The number of ether oxygens (including phenoxy) is 1. The largest absolute Gasteiger partial charge is 0.504 e. The third-order valence-electron chi connectivity index (χ3n) is 2.91. The van der Waals surface area contributed by atoms with Gasteiger partial charge in [-0.1, -0.05) is 34.2 Å². The van der Waals surface area contributed by atoms with Crippen molar-refractivity contribution in [2.75, 3.05) is 12.8 Å². The number of aromatic hydroxyl groups is 1. The lowest BCUT2D eigenvalue weighted by atomic mass is 10.2. The highest BCUT2D eigenvalue weighted by molar-refractivity contribution is 9.10. The average Bonchev–Trinajstić information content (AvgIpc) is 2.91. The quantitative estimate of drug-likeness (QED) is 0.529. The molecule has 1 amide bonds. The van der Waals surface area contributed by atoms with Gasteiger partial charge in [0.15, 0.2) is 16.6 Å². The first-order chi connectivity index (χ1) is 11.0. The monoisotopic (exact) mass is 398 g/mol. The lowest BCUT2D eigenvalue weighted by Gasteiger charge is -2.06. The molecule has 9 heteroatoms. The number of aromatic nitrogens is 1. The first kappa shape index (κ1) is 17.2. The van der Waals surface area contributed by atoms with Gasteiger partial charge in [-0.15, -0.1) is 0 Å². The van der Waals surface area contributed by atoms with Crippen molar-refractivity contribution in [3.63, 3.8) is 0 Å². The molecule has 0 bridgehead atoms. The molecule has 0 saturated heterocycles. The van der Waals surface area contributed by atoms with Gasteiger partial charge in [-0.3, -0.25) is 4.79 Å². The van der Waals surface area contributed by atoms with E-state index in [1.54, 1.807) is 12.1 Å². The van der Waals surface area contributed by atoms with Gasteiger partial charge in [0.1, 0.15) is 4.88 Å². The van der Waals surface area contributed by atoms with Crippen molar-refractivity contribution in [3.05, 3.63) is 32.7 Å². The van der Waals surface area contributed by atoms with Crippen LogP contribution in [0.25, 0.3) is 0 Å². The number of hydrogen-bond donors (Lipinski definition) is 3. The number of thiazole rings is 1. The van der Waals surface area contributed by atoms with Crippen molar-refractivity contribution in [2.45, 2.75) is 13.3 Å². The molecule has 0 aliphatic heterocycles. The number of aryl methyl sites for hydroxylation is 1. The van der Waals surface area contributed by atoms with Crippen LogP contribution in [0.3, 0.4) is 0 Å². The molecule has 1 aromatic heterocycles. The summed E-state index contributed by atoms with van der Waals surface area (Å²) in [5.74, 6) is -0.158. The number of nitrogens with zero attached hydrogens (tertiary/aromatic N) is 2. The second-order valence-corrected chi connectivity index (χ2v) is 6.37. The highest BCUT2D eigenvalue weighted by atomic mass is 79.9. The zero-order valence-electron chi connectivity index (χ0n) is 12.5. The Balaban J connectivity index is 2.16. The van der Waals surface area contributed by atoms with Crippen LogP contribution in [0.2, 0.25) is 0 Å². The van der Waals surface area contributed by atoms with Gasteiger partial charge < -0.3 is 15.6 Å². The molecule has 0 aliphatic carbocycles. The maximum Gasteiger partial charge on any atom is 0.283 e. The second kappa shape index (κ2) is 7.42. The molecule has 0 saturated carbocycles. The number of halogens is 1. The number of carbonyl (C=O) groups is 1. The minimum absolute atomic E-state index is 0.0648. The van der Waals surface area contributed by atoms with Crippen LogP contribution in [0.5, 0.6) is 11.5 Å². The summed E-state index contributed by atoms with van der Waals surface area (Å²) in [6, 6.07) is 3.27. The summed E-state index contributed by atoms with van der Waals surface area (Å²) in [5, 5.41) is 14.2. The molecule has 0 radical (unpaired) electrons. The second-order valence-electron chi connectivity index (χ2n) is 4.43. The molecular formula is C14H15BrN4O3S. The third kappa shape index (κ3) is 3.99. The average molecular weight is 399 g/mol. The molecule has 4 N–H and O–H groups in total. The zero-order chi connectivity index (χ0) is 17.0. The van der Waals surface area contributed by atoms with Crippen LogP contribution in [0, 0.1) is 0 Å². The molecule has 0 atom stereocenters. The highest BCUT2D eigenvalue weighted by Crippen LogP contribution is 2.32. The Bertz CT molecular complexity index is 761. The number of phenolic OH excluding ortho intramolecular Hbond substituents is 1. The van der Waals surface area contributed by atoms with Crippen molar-refractivity contribution >= 4 is 44.5 Å². The Morgan fingerprint density at radius 3 is 3.00 bits per heavy atom. The van der Waals surface area contributed by atoms with Gasteiger partial charge in [0.05, 0.1) is 19.0 Å². The van der Waals surface area contributed by atoms with Crippen LogP contribution < -0.4 is 15.9 Å². The number of carbonyl (C=O) groups excluding carboxylic acids is 1. The minimum Gasteiger partial charge on any atom is -0.504 e. The molecular weight excluding hydrogens is 384 g/mol. The fourth-order valence-electron chi connectivity index (χ4n) is 1.85. The van der Waals surface area contributed by atoms with E-state index in [0.29, 0.717) is 37.9 Å². The summed E-state index contributed by atoms with van der Waals surface area (Å²) in [5.41, 5.74) is 9.05. The molecule has 0 spiro atoms. The van der Waals surface area contributed by atoms with Gasteiger partial charge in [-0.2, -0.15) is 5.10 Å². The van der Waals surface area contributed by atoms with Crippen LogP contribution in [-0.2, 0) is 6.42 Å². The molecule has 0 unspecified atom stereocenters. The van der Waals surface area contributed by atoms with Crippen molar-refractivity contribution in [3.8, 4) is 11.5 Å². The lowest BCUT2D eigenvalue weighted by molar-refractivity contribution is 0.0958. The predicted molar refractivity (Wildman–Crippen MR) is 93.3 cm³/mol. The number of nitrogens with two attached hydrogens (primary N) is 1. The first-order valence-electron chi connectivity index (χ1n) is 6.61. The molecule has 7 nitrogen and oxygen atoms in total. The maximum absolute atomic E-state index is 12.1. The highest BCUT2D eigenvalue weighted by Gasteiger charge is 2.15. The standard InChI is InChI=1S/C14H15BrN4O3S/c1-3-9-12(23-14(16)18-9)13(21)19-17-6-7-4-8(15)5-10(22-2)11(7)20/h4-6,20H,3H2,1-2H3,(H2,16,18)(H,19,21)/b17-6-. The first-order valence-corrected chi connectivity index (χ1v) is 8.22. The van der Waals surface area contributed by atoms with Crippen molar-refractivity contribution < 1.29 is 14.6 Å². The summed E-state index contributed by atoms with van der Waals surface area (Å²) in [7, 11) is 1.45. The van der Waals surface area contributed by atoms with E-state index in [0.717, 1.165) is 11.3 Å². The van der Waals surface area contributed by atoms with Crippen LogP contribution in [-0.4, -0.2) is 29.3 Å². The molecule has 1 aromatic carbocycles. The Kier molecular flexibility index (Phi) is 5.56. The molecule has 2 aromatic rings. The smallest absolute Gasteiger partial charge is 0.283 e. The SMILES string of the molecule is CCc1nc(N)sc1C(=O)N/N=C\c1cc(Br)cc(OC)c1O. The third-order valence-corrected chi connectivity index (χ3v) is 4.30. The van der Waals surface area contributed by atoms with E-state index in [1.165, 1.54) is 13.3 Å². The number of nitrogen functional groups attached to an aromatic ring is 1. The molecule has 0 aliphatic rings. The van der Waals surface area contributed by atoms with E-state index in [1.807, 2.05) is 6.92 Å². The van der Waals surface area contributed by atoms with Gasteiger partial charge in [-0.05, 0) is 18.6 Å². The topological polar surface area (TPSA) is 110 Å². The van der Waals surface area contributed by atoms with E-state index in [4.69, 9.17) is 10.5 Å². The normalized spacial score (nSPS) is 10.9.